The van der Waals surface area contributed by atoms with Crippen molar-refractivity contribution < 1.29 is 9.47 Å². The maximum Gasteiger partial charge on any atom is 0.268 e. The van der Waals surface area contributed by atoms with Crippen LogP contribution in [0.2, 0.25) is 0 Å². The zero-order valence-electron chi connectivity index (χ0n) is 15.9. The summed E-state index contributed by atoms with van der Waals surface area (Å²) in [5.74, 6) is 0.808. The molecule has 7 heteroatoms. The van der Waals surface area contributed by atoms with E-state index in [0.29, 0.717) is 23.7 Å². The highest BCUT2D eigenvalue weighted by molar-refractivity contribution is 5.81. The molecule has 3 rings (SSSR count). The molecule has 0 fully saturated rings. The van der Waals surface area contributed by atoms with Crippen LogP contribution in [-0.2, 0) is 6.61 Å². The van der Waals surface area contributed by atoms with Gasteiger partial charge in [-0.1, -0.05) is 30.3 Å². The second-order valence-electron chi connectivity index (χ2n) is 6.30. The minimum absolute atomic E-state index is 0.0248. The van der Waals surface area contributed by atoms with Crippen molar-refractivity contribution in [1.82, 2.24) is 4.98 Å². The number of ether oxygens (including phenoxy) is 2. The summed E-state index contributed by atoms with van der Waals surface area (Å²) in [6.45, 7) is 2.36. The van der Waals surface area contributed by atoms with E-state index in [-0.39, 0.29) is 22.5 Å². The van der Waals surface area contributed by atoms with Crippen molar-refractivity contribution in [3.8, 4) is 34.8 Å². The highest BCUT2D eigenvalue weighted by atomic mass is 16.5. The summed E-state index contributed by atoms with van der Waals surface area (Å²) in [4.78, 5) is 14.4. The fourth-order valence-corrected chi connectivity index (χ4v) is 3.00. The van der Waals surface area contributed by atoms with E-state index >= 15 is 0 Å². The number of nitrogens with two attached hydrogens (primary N) is 1. The number of nitrogen functional groups attached to an aromatic ring is 1. The molecule has 0 unspecified atom stereocenters. The molecule has 0 spiro atoms. The van der Waals surface area contributed by atoms with Gasteiger partial charge in [-0.25, -0.2) is 0 Å². The number of nitrogens with one attached hydrogen (secondary N) is 1. The van der Waals surface area contributed by atoms with Crippen molar-refractivity contribution >= 4 is 5.82 Å². The third-order valence-electron chi connectivity index (χ3n) is 4.56. The topological polar surface area (TPSA) is 125 Å². The van der Waals surface area contributed by atoms with Crippen LogP contribution < -0.4 is 20.8 Å². The lowest BCUT2D eigenvalue weighted by atomic mass is 9.96. The molecule has 1 heterocycles. The molecular formula is C22H18N4O3. The summed E-state index contributed by atoms with van der Waals surface area (Å²) in [6.07, 6.45) is 0. The van der Waals surface area contributed by atoms with Crippen molar-refractivity contribution in [2.75, 3.05) is 12.8 Å². The number of nitrogens with zero attached hydrogens (tertiary/aromatic N) is 2. The van der Waals surface area contributed by atoms with Crippen LogP contribution in [0.3, 0.4) is 0 Å². The first-order valence-corrected chi connectivity index (χ1v) is 8.71. The van der Waals surface area contributed by atoms with Crippen LogP contribution >= 0.6 is 0 Å². The molecule has 2 aromatic carbocycles. The number of aromatic amines is 1. The molecule has 0 bridgehead atoms. The van der Waals surface area contributed by atoms with Gasteiger partial charge >= 0.3 is 0 Å². The summed E-state index contributed by atoms with van der Waals surface area (Å²) >= 11 is 0. The summed E-state index contributed by atoms with van der Waals surface area (Å²) in [7, 11) is 1.49. The molecule has 29 heavy (non-hydrogen) atoms. The number of aromatic nitrogens is 1. The lowest BCUT2D eigenvalue weighted by molar-refractivity contribution is 0.284. The van der Waals surface area contributed by atoms with Crippen molar-refractivity contribution in [2.45, 2.75) is 13.5 Å². The first-order chi connectivity index (χ1) is 14.0. The van der Waals surface area contributed by atoms with Gasteiger partial charge in [-0.15, -0.1) is 0 Å². The lowest BCUT2D eigenvalue weighted by Gasteiger charge is -2.14. The molecule has 0 atom stereocenters. The van der Waals surface area contributed by atoms with Gasteiger partial charge in [0.2, 0.25) is 0 Å². The van der Waals surface area contributed by atoms with Crippen LogP contribution in [0, 0.1) is 29.6 Å². The molecule has 0 aliphatic rings. The number of nitriles is 2. The van der Waals surface area contributed by atoms with E-state index in [9.17, 15) is 15.3 Å². The zero-order valence-corrected chi connectivity index (χ0v) is 15.9. The molecule has 0 aliphatic heterocycles. The molecule has 144 valence electrons. The maximum atomic E-state index is 12.1. The fraction of sp³-hybridized carbons (Fsp3) is 0.136. The monoisotopic (exact) mass is 386 g/mol. The molecule has 0 aliphatic carbocycles. The Morgan fingerprint density at radius 1 is 1.07 bits per heavy atom. The number of hydrogen-bond acceptors (Lipinski definition) is 6. The molecule has 0 radical (unpaired) electrons. The Balaban J connectivity index is 2.05. The quantitative estimate of drug-likeness (QED) is 0.693. The Morgan fingerprint density at radius 2 is 1.79 bits per heavy atom. The minimum Gasteiger partial charge on any atom is -0.493 e. The normalized spacial score (nSPS) is 10.1. The Kier molecular flexibility index (Phi) is 5.52. The van der Waals surface area contributed by atoms with Gasteiger partial charge < -0.3 is 20.2 Å². The van der Waals surface area contributed by atoms with Crippen molar-refractivity contribution in [1.29, 1.82) is 10.5 Å². The average molecular weight is 386 g/mol. The summed E-state index contributed by atoms with van der Waals surface area (Å²) < 4.78 is 11.3. The van der Waals surface area contributed by atoms with Gasteiger partial charge in [-0.2, -0.15) is 10.5 Å². The van der Waals surface area contributed by atoms with E-state index in [0.717, 1.165) is 11.1 Å². The Labute approximate surface area is 167 Å². The van der Waals surface area contributed by atoms with Crippen LogP contribution in [0.1, 0.15) is 22.3 Å². The van der Waals surface area contributed by atoms with E-state index < -0.39 is 5.56 Å². The van der Waals surface area contributed by atoms with Gasteiger partial charge in [-0.05, 0) is 35.7 Å². The first kappa shape index (κ1) is 19.5. The predicted octanol–water partition coefficient (Wildman–Crippen LogP) is 3.26. The molecule has 0 saturated carbocycles. The number of pyridine rings is 1. The number of methoxy groups -OCH3 is 1. The molecule has 7 nitrogen and oxygen atoms in total. The summed E-state index contributed by atoms with van der Waals surface area (Å²) in [6, 6.07) is 16.6. The van der Waals surface area contributed by atoms with Gasteiger partial charge in [0.25, 0.3) is 5.56 Å². The second-order valence-corrected chi connectivity index (χ2v) is 6.30. The number of rotatable bonds is 5. The average Bonchev–Trinajstić information content (AvgIpc) is 2.72. The Bertz CT molecular complexity index is 1220. The van der Waals surface area contributed by atoms with Crippen molar-refractivity contribution in [3.63, 3.8) is 0 Å². The minimum atomic E-state index is -0.655. The Hall–Kier alpha value is -4.23. The highest BCUT2D eigenvalue weighted by Gasteiger charge is 2.19. The summed E-state index contributed by atoms with van der Waals surface area (Å²) in [5, 5.41) is 18.9. The number of H-pyrrole nitrogens is 1. The summed E-state index contributed by atoms with van der Waals surface area (Å²) in [5.41, 5.74) is 7.73. The molecule has 1 aromatic heterocycles. The molecule has 0 amide bonds. The van der Waals surface area contributed by atoms with E-state index in [2.05, 4.69) is 4.98 Å². The molecular weight excluding hydrogens is 368 g/mol. The fourth-order valence-electron chi connectivity index (χ4n) is 3.00. The van der Waals surface area contributed by atoms with Gasteiger partial charge in [-0.3, -0.25) is 4.79 Å². The largest absolute Gasteiger partial charge is 0.493 e. The van der Waals surface area contributed by atoms with E-state index in [4.69, 9.17) is 15.2 Å². The Morgan fingerprint density at radius 3 is 2.45 bits per heavy atom. The predicted molar refractivity (Wildman–Crippen MR) is 108 cm³/mol. The van der Waals surface area contributed by atoms with Gasteiger partial charge in [0.15, 0.2) is 11.5 Å². The first-order valence-electron chi connectivity index (χ1n) is 8.71. The van der Waals surface area contributed by atoms with E-state index in [1.807, 2.05) is 43.3 Å². The zero-order chi connectivity index (χ0) is 21.0. The molecule has 3 N–H and O–H groups in total. The number of benzene rings is 2. The third kappa shape index (κ3) is 3.76. The van der Waals surface area contributed by atoms with Crippen LogP contribution in [0.15, 0.2) is 47.3 Å². The standard InChI is InChI=1S/C22H18N4O3/c1-13-5-3-4-6-15(13)12-29-18-8-7-14(9-19(18)28-2)20-16(10-23)21(25)26-22(27)17(20)11-24/h3-9H,12H2,1-2H3,(H3,25,26,27). The SMILES string of the molecule is COc1cc(-c2c(C#N)c(N)[nH]c(=O)c2C#N)ccc1OCc1ccccc1C. The van der Waals surface area contributed by atoms with Crippen LogP contribution in [0.5, 0.6) is 11.5 Å². The smallest absolute Gasteiger partial charge is 0.268 e. The van der Waals surface area contributed by atoms with Crippen molar-refractivity contribution in [2.24, 2.45) is 0 Å². The van der Waals surface area contributed by atoms with Gasteiger partial charge in [0.1, 0.15) is 35.7 Å². The molecule has 3 aromatic rings. The van der Waals surface area contributed by atoms with Crippen LogP contribution in [0.4, 0.5) is 5.82 Å². The van der Waals surface area contributed by atoms with Gasteiger partial charge in [0.05, 0.1) is 7.11 Å². The van der Waals surface area contributed by atoms with Crippen LogP contribution in [-0.4, -0.2) is 12.1 Å². The second kappa shape index (κ2) is 8.20. The van der Waals surface area contributed by atoms with E-state index in [1.165, 1.54) is 7.11 Å². The van der Waals surface area contributed by atoms with E-state index in [1.54, 1.807) is 18.2 Å². The third-order valence-corrected chi connectivity index (χ3v) is 4.56. The van der Waals surface area contributed by atoms with Crippen LogP contribution in [0.25, 0.3) is 11.1 Å². The highest BCUT2D eigenvalue weighted by Crippen LogP contribution is 2.36. The molecule has 0 saturated heterocycles. The number of hydrogen-bond donors (Lipinski definition) is 2. The lowest BCUT2D eigenvalue weighted by Crippen LogP contribution is -2.16. The number of aryl methyl sites for hydroxylation is 1. The number of anilines is 1. The van der Waals surface area contributed by atoms with Gasteiger partial charge in [0, 0.05) is 5.56 Å². The maximum absolute atomic E-state index is 12.1. The van der Waals surface area contributed by atoms with Crippen molar-refractivity contribution in [3.05, 3.63) is 75.1 Å².